The molecule has 1 aliphatic carbocycles. The molecule has 0 spiro atoms. The molecule has 2 rings (SSSR count). The Morgan fingerprint density at radius 1 is 1.38 bits per heavy atom. The zero-order chi connectivity index (χ0) is 15.6. The Balaban J connectivity index is 1.99. The van der Waals surface area contributed by atoms with Gasteiger partial charge in [-0.05, 0) is 47.0 Å². The average Bonchev–Trinajstić information content (AvgIpc) is 2.78. The van der Waals surface area contributed by atoms with Crippen LogP contribution in [-0.4, -0.2) is 48.9 Å². The van der Waals surface area contributed by atoms with Crippen LogP contribution in [0.3, 0.4) is 0 Å². The average molecular weight is 293 g/mol. The molecule has 7 heteroatoms. The number of nitrogens with one attached hydrogen (secondary N) is 1. The molecule has 0 saturated heterocycles. The van der Waals surface area contributed by atoms with Crippen LogP contribution in [0.15, 0.2) is 6.20 Å². The van der Waals surface area contributed by atoms with Crippen molar-refractivity contribution in [3.8, 4) is 0 Å². The molecule has 0 radical (unpaired) electrons. The number of aryl methyl sites for hydroxylation is 1. The lowest BCUT2D eigenvalue weighted by Crippen LogP contribution is -2.50. The molecular formula is C14H23N5O2. The van der Waals surface area contributed by atoms with Crippen molar-refractivity contribution in [3.05, 3.63) is 11.9 Å². The Bertz CT molecular complexity index is 497. The van der Waals surface area contributed by atoms with Gasteiger partial charge in [-0.25, -0.2) is 9.78 Å². The van der Waals surface area contributed by atoms with Crippen molar-refractivity contribution in [1.82, 2.24) is 20.1 Å². The number of amides is 1. The molecule has 1 amide bonds. The van der Waals surface area contributed by atoms with Crippen LogP contribution in [0, 0.1) is 6.92 Å². The third-order valence-corrected chi connectivity index (χ3v) is 3.71. The minimum Gasteiger partial charge on any atom is -0.465 e. The molecule has 2 atom stereocenters. The minimum atomic E-state index is -0.860. The highest BCUT2D eigenvalue weighted by atomic mass is 16.4. The number of anilines is 1. The fourth-order valence-corrected chi connectivity index (χ4v) is 2.90. The standard InChI is InChI=1S/C14H23N5O2/c1-9-8-15-12(18-17-9)16-10-5-6-11(7-10)19(13(20)21)14(2,3)4/h8,10-11H,5-7H2,1-4H3,(H,20,21)(H,15,16,18)/t10-,11-/m0/s1. The lowest BCUT2D eigenvalue weighted by atomic mass is 10.0. The van der Waals surface area contributed by atoms with Crippen molar-refractivity contribution in [3.63, 3.8) is 0 Å². The summed E-state index contributed by atoms with van der Waals surface area (Å²) in [7, 11) is 0. The molecule has 0 aliphatic heterocycles. The van der Waals surface area contributed by atoms with E-state index in [2.05, 4.69) is 20.5 Å². The van der Waals surface area contributed by atoms with E-state index in [9.17, 15) is 9.90 Å². The van der Waals surface area contributed by atoms with E-state index in [-0.39, 0.29) is 12.1 Å². The first-order valence-corrected chi connectivity index (χ1v) is 7.22. The predicted octanol–water partition coefficient (Wildman–Crippen LogP) is 2.29. The molecule has 0 unspecified atom stereocenters. The van der Waals surface area contributed by atoms with E-state index in [1.165, 1.54) is 0 Å². The number of carboxylic acid groups (broad SMARTS) is 1. The van der Waals surface area contributed by atoms with Gasteiger partial charge in [0.1, 0.15) is 0 Å². The highest BCUT2D eigenvalue weighted by Crippen LogP contribution is 2.30. The number of rotatable bonds is 3. The fourth-order valence-electron chi connectivity index (χ4n) is 2.90. The van der Waals surface area contributed by atoms with Crippen molar-refractivity contribution in [2.24, 2.45) is 0 Å². The molecule has 116 valence electrons. The molecule has 1 aliphatic rings. The largest absolute Gasteiger partial charge is 0.465 e. The summed E-state index contributed by atoms with van der Waals surface area (Å²) in [6.07, 6.45) is 3.32. The zero-order valence-electron chi connectivity index (χ0n) is 13.0. The first kappa shape index (κ1) is 15.5. The quantitative estimate of drug-likeness (QED) is 0.888. The molecule has 21 heavy (non-hydrogen) atoms. The summed E-state index contributed by atoms with van der Waals surface area (Å²) in [6, 6.07) is 0.210. The predicted molar refractivity (Wildman–Crippen MR) is 79.2 cm³/mol. The normalized spacial score (nSPS) is 22.1. The third kappa shape index (κ3) is 3.80. The third-order valence-electron chi connectivity index (χ3n) is 3.71. The lowest BCUT2D eigenvalue weighted by Gasteiger charge is -2.38. The topological polar surface area (TPSA) is 91.2 Å². The van der Waals surface area contributed by atoms with E-state index in [4.69, 9.17) is 0 Å². The van der Waals surface area contributed by atoms with Gasteiger partial charge in [0.25, 0.3) is 0 Å². The summed E-state index contributed by atoms with van der Waals surface area (Å²) >= 11 is 0. The number of carbonyl (C=O) groups is 1. The number of nitrogens with zero attached hydrogens (tertiary/aromatic N) is 4. The van der Waals surface area contributed by atoms with E-state index in [0.29, 0.717) is 5.95 Å². The molecule has 2 N–H and O–H groups in total. The first-order chi connectivity index (χ1) is 9.77. The van der Waals surface area contributed by atoms with Gasteiger partial charge in [0.2, 0.25) is 5.95 Å². The second-order valence-corrected chi connectivity index (χ2v) is 6.55. The van der Waals surface area contributed by atoms with E-state index in [1.54, 1.807) is 11.1 Å². The number of aromatic nitrogens is 3. The van der Waals surface area contributed by atoms with Crippen molar-refractivity contribution in [1.29, 1.82) is 0 Å². The zero-order valence-corrected chi connectivity index (χ0v) is 13.0. The van der Waals surface area contributed by atoms with Crippen LogP contribution >= 0.6 is 0 Å². The summed E-state index contributed by atoms with van der Waals surface area (Å²) in [4.78, 5) is 17.2. The van der Waals surface area contributed by atoms with E-state index in [0.717, 1.165) is 25.0 Å². The van der Waals surface area contributed by atoms with Gasteiger partial charge in [0.15, 0.2) is 0 Å². The Kier molecular flexibility index (Phi) is 4.29. The van der Waals surface area contributed by atoms with Crippen molar-refractivity contribution >= 4 is 12.0 Å². The maximum Gasteiger partial charge on any atom is 0.407 e. The van der Waals surface area contributed by atoms with Crippen molar-refractivity contribution < 1.29 is 9.90 Å². The maximum atomic E-state index is 11.5. The van der Waals surface area contributed by atoms with Gasteiger partial charge < -0.3 is 15.3 Å². The SMILES string of the molecule is Cc1cnc(N[C@H]2CC[C@H](N(C(=O)O)C(C)(C)C)C2)nn1. The van der Waals surface area contributed by atoms with Crippen LogP contribution < -0.4 is 5.32 Å². The summed E-state index contributed by atoms with van der Waals surface area (Å²) in [5.41, 5.74) is 0.377. The molecule has 1 aromatic rings. The second kappa shape index (κ2) is 5.83. The highest BCUT2D eigenvalue weighted by Gasteiger charge is 2.38. The Morgan fingerprint density at radius 2 is 2.10 bits per heavy atom. The van der Waals surface area contributed by atoms with Gasteiger partial charge in [-0.3, -0.25) is 0 Å². The van der Waals surface area contributed by atoms with Gasteiger partial charge in [0.05, 0.1) is 11.9 Å². The second-order valence-electron chi connectivity index (χ2n) is 6.55. The molecule has 7 nitrogen and oxygen atoms in total. The van der Waals surface area contributed by atoms with Crippen LogP contribution in [0.4, 0.5) is 10.7 Å². The maximum absolute atomic E-state index is 11.5. The van der Waals surface area contributed by atoms with Crippen LogP contribution in [0.1, 0.15) is 45.7 Å². The monoisotopic (exact) mass is 293 g/mol. The van der Waals surface area contributed by atoms with E-state index in [1.807, 2.05) is 27.7 Å². The Hall–Kier alpha value is -1.92. The van der Waals surface area contributed by atoms with E-state index >= 15 is 0 Å². The lowest BCUT2D eigenvalue weighted by molar-refractivity contribution is 0.0718. The van der Waals surface area contributed by atoms with Crippen LogP contribution in [-0.2, 0) is 0 Å². The Morgan fingerprint density at radius 3 is 2.62 bits per heavy atom. The minimum absolute atomic E-state index is 0.0263. The summed E-state index contributed by atoms with van der Waals surface area (Å²) in [6.45, 7) is 7.61. The highest BCUT2D eigenvalue weighted by molar-refractivity contribution is 5.66. The van der Waals surface area contributed by atoms with Crippen molar-refractivity contribution in [2.75, 3.05) is 5.32 Å². The van der Waals surface area contributed by atoms with Gasteiger partial charge >= 0.3 is 6.09 Å². The summed E-state index contributed by atoms with van der Waals surface area (Å²) in [5.74, 6) is 0.504. The smallest absolute Gasteiger partial charge is 0.407 e. The fraction of sp³-hybridized carbons (Fsp3) is 0.714. The molecule has 1 fully saturated rings. The number of hydrogen-bond acceptors (Lipinski definition) is 5. The van der Waals surface area contributed by atoms with Crippen LogP contribution in [0.25, 0.3) is 0 Å². The molecule has 0 aromatic carbocycles. The van der Waals surface area contributed by atoms with Gasteiger partial charge in [0, 0.05) is 17.6 Å². The van der Waals surface area contributed by atoms with Gasteiger partial charge in [-0.2, -0.15) is 5.10 Å². The van der Waals surface area contributed by atoms with Gasteiger partial charge in [-0.1, -0.05) is 0 Å². The summed E-state index contributed by atoms with van der Waals surface area (Å²) in [5, 5.41) is 20.6. The molecular weight excluding hydrogens is 270 g/mol. The van der Waals surface area contributed by atoms with Gasteiger partial charge in [-0.15, -0.1) is 5.10 Å². The molecule has 1 aromatic heterocycles. The first-order valence-electron chi connectivity index (χ1n) is 7.22. The van der Waals surface area contributed by atoms with Crippen LogP contribution in [0.5, 0.6) is 0 Å². The number of hydrogen-bond donors (Lipinski definition) is 2. The molecule has 1 heterocycles. The Labute approximate surface area is 124 Å². The van der Waals surface area contributed by atoms with Crippen LogP contribution in [0.2, 0.25) is 0 Å². The molecule has 1 saturated carbocycles. The van der Waals surface area contributed by atoms with E-state index < -0.39 is 11.6 Å². The van der Waals surface area contributed by atoms with Crippen molar-refractivity contribution in [2.45, 2.75) is 64.6 Å². The molecule has 0 bridgehead atoms. The summed E-state index contributed by atoms with van der Waals surface area (Å²) < 4.78 is 0.